The first kappa shape index (κ1) is 15.9. The number of hydrogen-bond acceptors (Lipinski definition) is 5. The number of rotatable bonds is 0. The Morgan fingerprint density at radius 2 is 2.04 bits per heavy atom. The van der Waals surface area contributed by atoms with Crippen LogP contribution in [-0.2, 0) is 0 Å². The second-order valence-corrected chi connectivity index (χ2v) is 8.22. The van der Waals surface area contributed by atoms with E-state index in [1.807, 2.05) is 11.3 Å². The summed E-state index contributed by atoms with van der Waals surface area (Å²) < 4.78 is 0. The van der Waals surface area contributed by atoms with E-state index in [4.69, 9.17) is 4.99 Å². The fourth-order valence-electron chi connectivity index (χ4n) is 3.56. The summed E-state index contributed by atoms with van der Waals surface area (Å²) in [5.74, 6) is 1.16. The monoisotopic (exact) mass is 344 g/mol. The number of nitrogens with one attached hydrogen (secondary N) is 1. The molecule has 0 saturated carbocycles. The number of piperazine rings is 1. The molecule has 4 rings (SSSR count). The lowest BCUT2D eigenvalue weighted by Gasteiger charge is -2.34. The molecule has 0 spiro atoms. The number of aliphatic imine (C=N–C) groups is 1. The molecule has 24 heavy (non-hydrogen) atoms. The highest BCUT2D eigenvalue weighted by Gasteiger charge is 2.26. The second-order valence-electron chi connectivity index (χ2n) is 6.96. The molecule has 0 aromatic carbocycles. The van der Waals surface area contributed by atoms with Gasteiger partial charge in [0.25, 0.3) is 0 Å². The summed E-state index contributed by atoms with van der Waals surface area (Å²) in [4.78, 5) is 11.4. The topological polar surface area (TPSA) is 30.9 Å². The van der Waals surface area contributed by atoms with Crippen LogP contribution in [-0.4, -0.2) is 48.9 Å². The van der Waals surface area contributed by atoms with Gasteiger partial charge < -0.3 is 15.1 Å². The van der Waals surface area contributed by atoms with Crippen molar-refractivity contribution < 1.29 is 1.43 Å². The SMILES string of the molecule is Cc1cc2c(s1)NC1=C(/C=C\CCCC1)N=C2N1CCN(C)CC1.[HH]. The standard InChI is InChI=1S/C19H26N4S.H2/c1-14-13-15-18(23-11-9-22(2)10-12-23)20-16-7-5-3-4-6-8-17(16)21-19(15)24-14;/h5,7,13,21H,3-4,6,8-12H2,1-2H3;1H/b7-5-;. The Hall–Kier alpha value is -1.59. The molecule has 3 aliphatic rings. The summed E-state index contributed by atoms with van der Waals surface area (Å²) in [6, 6.07) is 2.30. The van der Waals surface area contributed by atoms with Crippen molar-refractivity contribution in [2.45, 2.75) is 32.6 Å². The highest BCUT2D eigenvalue weighted by atomic mass is 32.1. The van der Waals surface area contributed by atoms with Crippen LogP contribution < -0.4 is 5.32 Å². The number of hydrogen-bond donors (Lipinski definition) is 1. The molecular weight excluding hydrogens is 316 g/mol. The quantitative estimate of drug-likeness (QED) is 0.770. The van der Waals surface area contributed by atoms with Crippen molar-refractivity contribution in [3.63, 3.8) is 0 Å². The Kier molecular flexibility index (Phi) is 4.46. The second kappa shape index (κ2) is 6.73. The maximum atomic E-state index is 5.16. The number of allylic oxidation sites excluding steroid dienone is 3. The van der Waals surface area contributed by atoms with E-state index in [0.717, 1.165) is 50.6 Å². The maximum Gasteiger partial charge on any atom is 0.139 e. The van der Waals surface area contributed by atoms with Crippen LogP contribution in [0.15, 0.2) is 34.6 Å². The summed E-state index contributed by atoms with van der Waals surface area (Å²) in [5.41, 5.74) is 3.70. The zero-order chi connectivity index (χ0) is 16.5. The van der Waals surface area contributed by atoms with E-state index in [0.29, 0.717) is 0 Å². The Balaban J connectivity index is 0.00000182. The predicted molar refractivity (Wildman–Crippen MR) is 105 cm³/mol. The number of anilines is 1. The molecule has 3 heterocycles. The molecule has 0 unspecified atom stereocenters. The number of aryl methyl sites for hydroxylation is 1. The van der Waals surface area contributed by atoms with Crippen molar-refractivity contribution in [1.82, 2.24) is 9.80 Å². The van der Waals surface area contributed by atoms with Crippen molar-refractivity contribution in [3.8, 4) is 0 Å². The minimum Gasteiger partial charge on any atom is -0.353 e. The number of amidine groups is 1. The largest absolute Gasteiger partial charge is 0.353 e. The zero-order valence-electron chi connectivity index (χ0n) is 14.6. The molecule has 5 heteroatoms. The van der Waals surface area contributed by atoms with Crippen LogP contribution in [0.2, 0.25) is 0 Å². The van der Waals surface area contributed by atoms with Gasteiger partial charge in [-0.05, 0) is 51.8 Å². The Morgan fingerprint density at radius 3 is 2.88 bits per heavy atom. The van der Waals surface area contributed by atoms with Gasteiger partial charge in [0, 0.05) is 38.2 Å². The molecule has 1 fully saturated rings. The molecule has 0 amide bonds. The first-order valence-corrected chi connectivity index (χ1v) is 9.82. The predicted octanol–water partition coefficient (Wildman–Crippen LogP) is 4.06. The molecule has 1 N–H and O–H groups in total. The van der Waals surface area contributed by atoms with Crippen molar-refractivity contribution in [2.75, 3.05) is 38.5 Å². The Morgan fingerprint density at radius 1 is 1.21 bits per heavy atom. The van der Waals surface area contributed by atoms with E-state index in [1.165, 1.54) is 34.0 Å². The van der Waals surface area contributed by atoms with Crippen LogP contribution in [0.4, 0.5) is 5.00 Å². The number of nitrogens with zero attached hydrogens (tertiary/aromatic N) is 3. The molecule has 1 aromatic rings. The summed E-state index contributed by atoms with van der Waals surface area (Å²) >= 11 is 1.85. The number of thiophene rings is 1. The molecule has 0 bridgehead atoms. The van der Waals surface area contributed by atoms with Gasteiger partial charge in [-0.2, -0.15) is 0 Å². The third kappa shape index (κ3) is 3.15. The summed E-state index contributed by atoms with van der Waals surface area (Å²) in [5, 5.41) is 4.99. The van der Waals surface area contributed by atoms with E-state index in [9.17, 15) is 0 Å². The van der Waals surface area contributed by atoms with Gasteiger partial charge in [-0.1, -0.05) is 6.08 Å². The van der Waals surface area contributed by atoms with Crippen LogP contribution in [0.25, 0.3) is 0 Å². The maximum absolute atomic E-state index is 5.16. The van der Waals surface area contributed by atoms with Gasteiger partial charge in [-0.3, -0.25) is 0 Å². The van der Waals surface area contributed by atoms with Gasteiger partial charge in [-0.15, -0.1) is 11.3 Å². The van der Waals surface area contributed by atoms with Gasteiger partial charge in [0.15, 0.2) is 0 Å². The minimum absolute atomic E-state index is 0. The first-order valence-electron chi connectivity index (χ1n) is 9.00. The van der Waals surface area contributed by atoms with E-state index >= 15 is 0 Å². The lowest BCUT2D eigenvalue weighted by atomic mass is 10.1. The normalized spacial score (nSPS) is 23.4. The van der Waals surface area contributed by atoms with Crippen LogP contribution in [0.5, 0.6) is 0 Å². The average molecular weight is 345 g/mol. The van der Waals surface area contributed by atoms with Crippen molar-refractivity contribution in [1.29, 1.82) is 0 Å². The van der Waals surface area contributed by atoms with Crippen LogP contribution in [0, 0.1) is 6.92 Å². The van der Waals surface area contributed by atoms with Crippen molar-refractivity contribution >= 4 is 22.2 Å². The fraction of sp³-hybridized carbons (Fsp3) is 0.526. The van der Waals surface area contributed by atoms with Gasteiger partial charge in [0.05, 0.1) is 11.3 Å². The summed E-state index contributed by atoms with van der Waals surface area (Å²) in [6.07, 6.45) is 9.26. The van der Waals surface area contributed by atoms with Crippen LogP contribution in [0.3, 0.4) is 0 Å². The van der Waals surface area contributed by atoms with E-state index in [-0.39, 0.29) is 1.43 Å². The molecule has 0 radical (unpaired) electrons. The zero-order valence-corrected chi connectivity index (χ0v) is 15.5. The van der Waals surface area contributed by atoms with E-state index in [2.05, 4.69) is 47.3 Å². The van der Waals surface area contributed by atoms with Crippen molar-refractivity contribution in [2.24, 2.45) is 4.99 Å². The Bertz CT molecular complexity index is 711. The lowest BCUT2D eigenvalue weighted by molar-refractivity contribution is 0.216. The Labute approximate surface area is 150 Å². The van der Waals surface area contributed by atoms with Gasteiger partial charge in [0.1, 0.15) is 10.8 Å². The van der Waals surface area contributed by atoms with Crippen molar-refractivity contribution in [3.05, 3.63) is 40.1 Å². The smallest absolute Gasteiger partial charge is 0.139 e. The summed E-state index contributed by atoms with van der Waals surface area (Å²) in [6.45, 7) is 6.50. The van der Waals surface area contributed by atoms with E-state index < -0.39 is 0 Å². The van der Waals surface area contributed by atoms with Gasteiger partial charge >= 0.3 is 0 Å². The molecule has 1 saturated heterocycles. The minimum atomic E-state index is 0. The molecule has 2 aliphatic heterocycles. The molecular formula is C19H28N4S. The fourth-order valence-corrected chi connectivity index (χ4v) is 4.50. The van der Waals surface area contributed by atoms with Crippen LogP contribution in [0.1, 0.15) is 37.6 Å². The molecule has 4 nitrogen and oxygen atoms in total. The average Bonchev–Trinajstić information content (AvgIpc) is 2.85. The molecule has 0 atom stereocenters. The third-order valence-corrected chi connectivity index (χ3v) is 5.99. The van der Waals surface area contributed by atoms with Crippen LogP contribution >= 0.6 is 11.3 Å². The molecule has 130 valence electrons. The van der Waals surface area contributed by atoms with Gasteiger partial charge in [0.2, 0.25) is 0 Å². The number of likely N-dealkylation sites (N-methyl/N-ethyl adjacent to an activating group) is 1. The van der Waals surface area contributed by atoms with Gasteiger partial charge in [-0.25, -0.2) is 4.99 Å². The molecule has 1 aliphatic carbocycles. The lowest BCUT2D eigenvalue weighted by Crippen LogP contribution is -2.47. The molecule has 1 aromatic heterocycles. The summed E-state index contributed by atoms with van der Waals surface area (Å²) in [7, 11) is 2.20. The highest BCUT2D eigenvalue weighted by Crippen LogP contribution is 2.35. The number of fused-ring (bicyclic) bond motifs is 1. The van der Waals surface area contributed by atoms with E-state index in [1.54, 1.807) is 0 Å². The highest BCUT2D eigenvalue weighted by molar-refractivity contribution is 7.16. The third-order valence-electron chi connectivity index (χ3n) is 5.02. The first-order chi connectivity index (χ1) is 11.7.